The first-order valence-corrected chi connectivity index (χ1v) is 17.5. The van der Waals surface area contributed by atoms with Gasteiger partial charge in [0.15, 0.2) is 0 Å². The molecule has 3 fully saturated rings. The van der Waals surface area contributed by atoms with E-state index in [4.69, 9.17) is 9.47 Å². The van der Waals surface area contributed by atoms with Crippen LogP contribution in [0.1, 0.15) is 65.2 Å². The van der Waals surface area contributed by atoms with Crippen LogP contribution in [0.2, 0.25) is 0 Å². The number of amides is 3. The first-order valence-electron chi connectivity index (χ1n) is 15.9. The summed E-state index contributed by atoms with van der Waals surface area (Å²) in [5.74, 6) is -0.0901. The van der Waals surface area contributed by atoms with E-state index in [0.717, 1.165) is 30.0 Å². The maximum Gasteiger partial charge on any atom is 0.259 e. The molecule has 242 valence electrons. The Morgan fingerprint density at radius 2 is 1.91 bits per heavy atom. The zero-order valence-corrected chi connectivity index (χ0v) is 26.8. The Kier molecular flexibility index (Phi) is 8.53. The number of carbonyl (C=O) groups excluding carboxylic acids is 3. The van der Waals surface area contributed by atoms with E-state index in [1.54, 1.807) is 18.2 Å². The van der Waals surface area contributed by atoms with E-state index in [9.17, 15) is 22.8 Å². The number of sulfonamides is 1. The molecule has 0 unspecified atom stereocenters. The number of hydrogen-bond acceptors (Lipinski definition) is 8. The van der Waals surface area contributed by atoms with Gasteiger partial charge in [-0.25, -0.2) is 13.4 Å². The van der Waals surface area contributed by atoms with Crippen LogP contribution in [0.4, 0.5) is 0 Å². The predicted octanol–water partition coefficient (Wildman–Crippen LogP) is 3.48. The monoisotopic (exact) mass is 638 g/mol. The molecular formula is C33H42N4O7S. The minimum atomic E-state index is -3.81. The first kappa shape index (κ1) is 31.3. The Labute approximate surface area is 264 Å². The average Bonchev–Trinajstić information content (AvgIpc) is 3.92. The molecule has 0 spiro atoms. The molecule has 2 saturated carbocycles. The van der Waals surface area contributed by atoms with Gasteiger partial charge in [-0.1, -0.05) is 26.0 Å². The van der Waals surface area contributed by atoms with Crippen LogP contribution in [0.15, 0.2) is 42.6 Å². The standard InChI is InChI=1S/C33H42N4O7S/c1-20-6-4-5-7-23-18-33(23,32(40)36-45(41,42)26-9-10-26)35-30(39)28-17-25(19-37(28)29(38)15-21(2)14-20)44-31-27-11-8-24(43-3)16-22(27)12-13-34-31/h5,7-8,11-13,16,20-21,23,25-26,28H,4,6,9-10,14-15,17-19H2,1-3H3,(H,35,39)(H,36,40)/b7-5-/t20-,21+,23+,25+,28-,33+/m0/s1. The third-order valence-corrected chi connectivity index (χ3v) is 11.4. The van der Waals surface area contributed by atoms with Gasteiger partial charge in [0.1, 0.15) is 23.4 Å². The highest BCUT2D eigenvalue weighted by Crippen LogP contribution is 2.46. The van der Waals surface area contributed by atoms with E-state index >= 15 is 0 Å². The second-order valence-corrected chi connectivity index (χ2v) is 15.3. The number of nitrogens with one attached hydrogen (secondary N) is 2. The van der Waals surface area contributed by atoms with Crippen molar-refractivity contribution < 1.29 is 32.3 Å². The quantitative estimate of drug-likeness (QED) is 0.458. The SMILES string of the molecule is COc1ccc2c(O[C@@H]3C[C@H]4C(=O)N[C@]5(C(=O)NS(=O)(=O)C6CC6)C[C@H]5/C=C\CC[C@H](C)C[C@@H](C)CC(=O)N4C3)nccc2c1. The summed E-state index contributed by atoms with van der Waals surface area (Å²) in [5, 5.41) is 4.00. The highest BCUT2D eigenvalue weighted by atomic mass is 32.2. The van der Waals surface area contributed by atoms with Crippen LogP contribution < -0.4 is 19.5 Å². The maximum atomic E-state index is 14.0. The Morgan fingerprint density at radius 3 is 2.67 bits per heavy atom. The van der Waals surface area contributed by atoms with Gasteiger partial charge < -0.3 is 19.7 Å². The number of nitrogens with zero attached hydrogens (tertiary/aromatic N) is 2. The number of aromatic nitrogens is 1. The summed E-state index contributed by atoms with van der Waals surface area (Å²) in [7, 11) is -2.21. The summed E-state index contributed by atoms with van der Waals surface area (Å²) < 4.78 is 39.3. The molecule has 2 aliphatic carbocycles. The highest BCUT2D eigenvalue weighted by Gasteiger charge is 2.62. The first-order chi connectivity index (χ1) is 21.5. The van der Waals surface area contributed by atoms with Crippen molar-refractivity contribution in [2.45, 2.75) is 88.1 Å². The van der Waals surface area contributed by atoms with E-state index in [2.05, 4.69) is 28.9 Å². The van der Waals surface area contributed by atoms with Crippen LogP contribution in [0.25, 0.3) is 10.8 Å². The Morgan fingerprint density at radius 1 is 1.11 bits per heavy atom. The molecule has 2 N–H and O–H groups in total. The lowest BCUT2D eigenvalue weighted by molar-refractivity contribution is -0.140. The summed E-state index contributed by atoms with van der Waals surface area (Å²) in [6.45, 7) is 4.42. The number of allylic oxidation sites excluding steroid dienone is 1. The largest absolute Gasteiger partial charge is 0.497 e. The van der Waals surface area contributed by atoms with Crippen molar-refractivity contribution in [3.8, 4) is 11.6 Å². The van der Waals surface area contributed by atoms with Gasteiger partial charge in [0.05, 0.1) is 18.9 Å². The van der Waals surface area contributed by atoms with Crippen LogP contribution in [0.5, 0.6) is 11.6 Å². The van der Waals surface area contributed by atoms with Gasteiger partial charge >= 0.3 is 0 Å². The number of hydrogen-bond donors (Lipinski definition) is 2. The maximum absolute atomic E-state index is 14.0. The minimum Gasteiger partial charge on any atom is -0.497 e. The summed E-state index contributed by atoms with van der Waals surface area (Å²) in [6, 6.07) is 6.54. The molecule has 1 saturated heterocycles. The number of fused-ring (bicyclic) bond motifs is 3. The molecule has 12 heteroatoms. The van der Waals surface area contributed by atoms with E-state index in [1.807, 2.05) is 36.4 Å². The number of pyridine rings is 1. The molecular weight excluding hydrogens is 596 g/mol. The molecule has 2 aliphatic heterocycles. The van der Waals surface area contributed by atoms with Crippen molar-refractivity contribution in [1.82, 2.24) is 19.9 Å². The molecule has 0 radical (unpaired) electrons. The minimum absolute atomic E-state index is 0.123. The van der Waals surface area contributed by atoms with Crippen molar-refractivity contribution in [3.63, 3.8) is 0 Å². The van der Waals surface area contributed by atoms with Crippen LogP contribution in [-0.4, -0.2) is 72.6 Å². The number of benzene rings is 1. The smallest absolute Gasteiger partial charge is 0.259 e. The van der Waals surface area contributed by atoms with Gasteiger partial charge in [0.25, 0.3) is 5.91 Å². The van der Waals surface area contributed by atoms with Gasteiger partial charge in [0, 0.05) is 30.3 Å². The van der Waals surface area contributed by atoms with Gasteiger partial charge in [-0.3, -0.25) is 19.1 Å². The number of methoxy groups -OCH3 is 1. The van der Waals surface area contributed by atoms with E-state index in [-0.39, 0.29) is 43.6 Å². The van der Waals surface area contributed by atoms with Crippen molar-refractivity contribution in [2.24, 2.45) is 17.8 Å². The lowest BCUT2D eigenvalue weighted by Crippen LogP contribution is -2.56. The third kappa shape index (κ3) is 6.66. The third-order valence-electron chi connectivity index (χ3n) is 9.59. The molecule has 3 amide bonds. The lowest BCUT2D eigenvalue weighted by atomic mass is 9.91. The predicted molar refractivity (Wildman–Crippen MR) is 168 cm³/mol. The normalized spacial score (nSPS) is 31.5. The molecule has 3 heterocycles. The summed E-state index contributed by atoms with van der Waals surface area (Å²) >= 11 is 0. The fourth-order valence-corrected chi connectivity index (χ4v) is 8.19. The molecule has 1 aromatic heterocycles. The Bertz CT molecular complexity index is 1620. The fraction of sp³-hybridized carbons (Fsp3) is 0.576. The van der Waals surface area contributed by atoms with E-state index in [1.165, 1.54) is 0 Å². The second-order valence-electron chi connectivity index (χ2n) is 13.3. The summed E-state index contributed by atoms with van der Waals surface area (Å²) in [5.41, 5.74) is -1.39. The molecule has 2 aromatic rings. The van der Waals surface area contributed by atoms with Crippen LogP contribution >= 0.6 is 0 Å². The molecule has 0 bridgehead atoms. The van der Waals surface area contributed by atoms with Crippen LogP contribution in [-0.2, 0) is 24.4 Å². The van der Waals surface area contributed by atoms with Crippen molar-refractivity contribution in [3.05, 3.63) is 42.6 Å². The highest BCUT2D eigenvalue weighted by molar-refractivity contribution is 7.91. The zero-order valence-electron chi connectivity index (χ0n) is 26.0. The number of rotatable bonds is 6. The van der Waals surface area contributed by atoms with Crippen molar-refractivity contribution >= 4 is 38.5 Å². The van der Waals surface area contributed by atoms with Crippen molar-refractivity contribution in [2.75, 3.05) is 13.7 Å². The Hall–Kier alpha value is -3.67. The van der Waals surface area contributed by atoms with Crippen LogP contribution in [0.3, 0.4) is 0 Å². The van der Waals surface area contributed by atoms with E-state index in [0.29, 0.717) is 30.4 Å². The molecule has 4 aliphatic rings. The molecule has 1 aromatic carbocycles. The average molecular weight is 639 g/mol. The molecule has 6 atom stereocenters. The van der Waals surface area contributed by atoms with Gasteiger partial charge in [0.2, 0.25) is 27.7 Å². The lowest BCUT2D eigenvalue weighted by Gasteiger charge is -2.27. The molecule has 6 rings (SSSR count). The topological polar surface area (TPSA) is 144 Å². The van der Waals surface area contributed by atoms with E-state index < -0.39 is 44.8 Å². The number of carbonyl (C=O) groups is 3. The van der Waals surface area contributed by atoms with Crippen LogP contribution in [0, 0.1) is 17.8 Å². The summed E-state index contributed by atoms with van der Waals surface area (Å²) in [4.78, 5) is 47.3. The second kappa shape index (κ2) is 12.3. The number of ether oxygens (including phenoxy) is 2. The fourth-order valence-electron chi connectivity index (χ4n) is 6.83. The molecule has 11 nitrogen and oxygen atoms in total. The van der Waals surface area contributed by atoms with Gasteiger partial charge in [-0.2, -0.15) is 0 Å². The van der Waals surface area contributed by atoms with Crippen molar-refractivity contribution in [1.29, 1.82) is 0 Å². The summed E-state index contributed by atoms with van der Waals surface area (Å²) in [6.07, 6.45) is 9.48. The zero-order chi connectivity index (χ0) is 31.9. The van der Waals surface area contributed by atoms with Gasteiger partial charge in [-0.15, -0.1) is 0 Å². The molecule has 45 heavy (non-hydrogen) atoms. The van der Waals surface area contributed by atoms with Gasteiger partial charge in [-0.05, 0) is 80.0 Å². The Balaban J connectivity index is 1.27.